The van der Waals surface area contributed by atoms with Gasteiger partial charge >= 0.3 is 0 Å². The molecule has 3 N–H and O–H groups in total. The number of carbonyl (C=O) groups is 1. The van der Waals surface area contributed by atoms with E-state index in [1.165, 1.54) is 0 Å². The predicted octanol–water partition coefficient (Wildman–Crippen LogP) is 0.962. The Morgan fingerprint density at radius 3 is 2.38 bits per heavy atom. The Morgan fingerprint density at radius 2 is 2.00 bits per heavy atom. The Kier molecular flexibility index (Phi) is 7.34. The van der Waals surface area contributed by atoms with Crippen LogP contribution in [0.2, 0.25) is 0 Å². The van der Waals surface area contributed by atoms with E-state index in [1.54, 1.807) is 0 Å². The van der Waals surface area contributed by atoms with Gasteiger partial charge in [-0.05, 0) is 33.2 Å². The van der Waals surface area contributed by atoms with Gasteiger partial charge in [-0.2, -0.15) is 0 Å². The van der Waals surface area contributed by atoms with Crippen molar-refractivity contribution in [1.82, 2.24) is 10.2 Å². The van der Waals surface area contributed by atoms with Crippen molar-refractivity contribution >= 4 is 5.91 Å². The molecule has 4 nitrogen and oxygen atoms in total. The number of nitrogens with zero attached hydrogens (tertiary/aromatic N) is 1. The smallest absolute Gasteiger partial charge is 0.234 e. The van der Waals surface area contributed by atoms with E-state index in [0.29, 0.717) is 19.6 Å². The molecule has 0 aliphatic rings. The molecule has 0 aromatic carbocycles. The van der Waals surface area contributed by atoms with Crippen LogP contribution in [0.25, 0.3) is 0 Å². The molecule has 0 radical (unpaired) electrons. The molecule has 0 aliphatic heterocycles. The minimum atomic E-state index is -0.0684. The summed E-state index contributed by atoms with van der Waals surface area (Å²) in [5, 5.41) is 2.83. The van der Waals surface area contributed by atoms with Gasteiger partial charge in [-0.15, -0.1) is 0 Å². The molecule has 0 saturated heterocycles. The van der Waals surface area contributed by atoms with Crippen LogP contribution in [0.5, 0.6) is 0 Å². The monoisotopic (exact) mass is 229 g/mol. The van der Waals surface area contributed by atoms with Crippen molar-refractivity contribution in [3.8, 4) is 0 Å². The van der Waals surface area contributed by atoms with E-state index in [0.717, 1.165) is 19.4 Å². The first-order valence-electron chi connectivity index (χ1n) is 6.25. The van der Waals surface area contributed by atoms with Gasteiger partial charge in [0.05, 0.1) is 6.54 Å². The average molecular weight is 229 g/mol. The van der Waals surface area contributed by atoms with Crippen molar-refractivity contribution in [2.45, 2.75) is 46.1 Å². The maximum Gasteiger partial charge on any atom is 0.234 e. The Bertz CT molecular complexity index is 202. The van der Waals surface area contributed by atoms with Gasteiger partial charge in [-0.1, -0.05) is 13.8 Å². The van der Waals surface area contributed by atoms with Crippen molar-refractivity contribution in [1.29, 1.82) is 0 Å². The summed E-state index contributed by atoms with van der Waals surface area (Å²) >= 11 is 0. The van der Waals surface area contributed by atoms with E-state index in [2.05, 4.69) is 31.0 Å². The number of rotatable bonds is 8. The van der Waals surface area contributed by atoms with E-state index in [9.17, 15) is 4.79 Å². The van der Waals surface area contributed by atoms with Gasteiger partial charge in [0.1, 0.15) is 0 Å². The van der Waals surface area contributed by atoms with Gasteiger partial charge in [0, 0.05) is 18.6 Å². The molecule has 0 bridgehead atoms. The molecule has 0 aromatic heterocycles. The summed E-state index contributed by atoms with van der Waals surface area (Å²) < 4.78 is 0. The van der Waals surface area contributed by atoms with Crippen molar-refractivity contribution in [2.24, 2.45) is 5.73 Å². The third-order valence-corrected chi connectivity index (χ3v) is 3.17. The molecule has 96 valence electrons. The first kappa shape index (κ1) is 15.4. The number of nitrogens with one attached hydrogen (secondary N) is 1. The second kappa shape index (κ2) is 7.63. The lowest BCUT2D eigenvalue weighted by Gasteiger charge is -2.39. The fourth-order valence-corrected chi connectivity index (χ4v) is 1.73. The first-order chi connectivity index (χ1) is 7.53. The van der Waals surface area contributed by atoms with Gasteiger partial charge in [-0.25, -0.2) is 0 Å². The quantitative estimate of drug-likeness (QED) is 0.652. The minimum Gasteiger partial charge on any atom is -0.355 e. The van der Waals surface area contributed by atoms with Gasteiger partial charge in [0.15, 0.2) is 0 Å². The minimum absolute atomic E-state index is 0.0684. The molecule has 0 spiro atoms. The SMILES string of the molecule is CCCN(CC(=O)NCC)C(C)(CC)CN. The Balaban J connectivity index is 4.52. The molecule has 1 amide bonds. The number of amides is 1. The van der Waals surface area contributed by atoms with E-state index in [-0.39, 0.29) is 11.4 Å². The van der Waals surface area contributed by atoms with Crippen molar-refractivity contribution in [2.75, 3.05) is 26.2 Å². The van der Waals surface area contributed by atoms with Crippen molar-refractivity contribution in [3.63, 3.8) is 0 Å². The normalized spacial score (nSPS) is 14.9. The van der Waals surface area contributed by atoms with Gasteiger partial charge in [0.25, 0.3) is 0 Å². The van der Waals surface area contributed by atoms with E-state index in [1.807, 2.05) is 6.92 Å². The number of hydrogen-bond acceptors (Lipinski definition) is 3. The zero-order valence-corrected chi connectivity index (χ0v) is 11.2. The number of likely N-dealkylation sites (N-methyl/N-ethyl adjacent to an activating group) is 1. The van der Waals surface area contributed by atoms with Crippen molar-refractivity contribution in [3.05, 3.63) is 0 Å². The Morgan fingerprint density at radius 1 is 1.38 bits per heavy atom. The van der Waals surface area contributed by atoms with E-state index in [4.69, 9.17) is 5.73 Å². The highest BCUT2D eigenvalue weighted by Crippen LogP contribution is 2.17. The first-order valence-corrected chi connectivity index (χ1v) is 6.25. The van der Waals surface area contributed by atoms with E-state index >= 15 is 0 Å². The zero-order valence-electron chi connectivity index (χ0n) is 11.2. The lowest BCUT2D eigenvalue weighted by atomic mass is 9.96. The lowest BCUT2D eigenvalue weighted by molar-refractivity contribution is -0.123. The lowest BCUT2D eigenvalue weighted by Crippen LogP contribution is -2.54. The van der Waals surface area contributed by atoms with Crippen LogP contribution in [0.4, 0.5) is 0 Å². The van der Waals surface area contributed by atoms with Crippen molar-refractivity contribution < 1.29 is 4.79 Å². The zero-order chi connectivity index (χ0) is 12.6. The summed E-state index contributed by atoms with van der Waals surface area (Å²) in [5.74, 6) is 0.0871. The number of nitrogens with two attached hydrogens (primary N) is 1. The van der Waals surface area contributed by atoms with Crippen LogP contribution < -0.4 is 11.1 Å². The van der Waals surface area contributed by atoms with Gasteiger partial charge in [0.2, 0.25) is 5.91 Å². The highest BCUT2D eigenvalue weighted by molar-refractivity contribution is 5.78. The molecular formula is C12H27N3O. The standard InChI is InChI=1S/C12H27N3O/c1-5-8-15(9-11(16)14-7-3)12(4,6-2)10-13/h5-10,13H2,1-4H3,(H,14,16). The highest BCUT2D eigenvalue weighted by Gasteiger charge is 2.29. The summed E-state index contributed by atoms with van der Waals surface area (Å²) in [6.07, 6.45) is 2.00. The maximum absolute atomic E-state index is 11.6. The Hall–Kier alpha value is -0.610. The molecule has 4 heteroatoms. The highest BCUT2D eigenvalue weighted by atomic mass is 16.2. The van der Waals surface area contributed by atoms with Crippen LogP contribution in [0.3, 0.4) is 0 Å². The van der Waals surface area contributed by atoms with Crippen LogP contribution in [0.15, 0.2) is 0 Å². The largest absolute Gasteiger partial charge is 0.355 e. The van der Waals surface area contributed by atoms with Gasteiger partial charge in [-0.3, -0.25) is 9.69 Å². The molecular weight excluding hydrogens is 202 g/mol. The molecule has 0 rings (SSSR count). The second-order valence-corrected chi connectivity index (χ2v) is 4.43. The molecule has 0 aromatic rings. The fourth-order valence-electron chi connectivity index (χ4n) is 1.73. The second-order valence-electron chi connectivity index (χ2n) is 4.43. The van der Waals surface area contributed by atoms with E-state index < -0.39 is 0 Å². The third kappa shape index (κ3) is 4.49. The molecule has 0 aliphatic carbocycles. The molecule has 0 saturated carbocycles. The number of hydrogen-bond donors (Lipinski definition) is 2. The average Bonchev–Trinajstić information content (AvgIpc) is 2.28. The summed E-state index contributed by atoms with van der Waals surface area (Å²) in [4.78, 5) is 13.8. The molecule has 16 heavy (non-hydrogen) atoms. The molecule has 1 atom stereocenters. The molecule has 0 heterocycles. The summed E-state index contributed by atoms with van der Waals surface area (Å²) in [6, 6.07) is 0. The summed E-state index contributed by atoms with van der Waals surface area (Å²) in [6.45, 7) is 10.9. The van der Waals surface area contributed by atoms with Crippen LogP contribution in [0, 0.1) is 0 Å². The topological polar surface area (TPSA) is 58.4 Å². The van der Waals surface area contributed by atoms with Crippen LogP contribution in [0.1, 0.15) is 40.5 Å². The van der Waals surface area contributed by atoms with Crippen LogP contribution in [-0.2, 0) is 4.79 Å². The Labute approximate surface area is 99.6 Å². The fraction of sp³-hybridized carbons (Fsp3) is 0.917. The number of carbonyl (C=O) groups excluding carboxylic acids is 1. The molecule has 0 fully saturated rings. The maximum atomic E-state index is 11.6. The van der Waals surface area contributed by atoms with Crippen LogP contribution >= 0.6 is 0 Å². The van der Waals surface area contributed by atoms with Crippen LogP contribution in [-0.4, -0.2) is 42.5 Å². The molecule has 1 unspecified atom stereocenters. The summed E-state index contributed by atoms with van der Waals surface area (Å²) in [5.41, 5.74) is 5.76. The van der Waals surface area contributed by atoms with Gasteiger partial charge < -0.3 is 11.1 Å². The third-order valence-electron chi connectivity index (χ3n) is 3.17. The predicted molar refractivity (Wildman–Crippen MR) is 68.3 cm³/mol. The summed E-state index contributed by atoms with van der Waals surface area (Å²) in [7, 11) is 0.